The highest BCUT2D eigenvalue weighted by atomic mass is 16.3. The second-order valence-electron chi connectivity index (χ2n) is 7.53. The van der Waals surface area contributed by atoms with Gasteiger partial charge in [0.2, 0.25) is 5.91 Å². The van der Waals surface area contributed by atoms with Crippen molar-refractivity contribution in [3.8, 4) is 11.5 Å². The molecule has 0 radical (unpaired) electrons. The molecule has 0 atom stereocenters. The van der Waals surface area contributed by atoms with E-state index < -0.39 is 0 Å². The molecule has 5 nitrogen and oxygen atoms in total. The van der Waals surface area contributed by atoms with Gasteiger partial charge in [-0.3, -0.25) is 4.79 Å². The van der Waals surface area contributed by atoms with Crippen LogP contribution in [0.4, 0.5) is 0 Å². The number of phenols is 2. The van der Waals surface area contributed by atoms with Gasteiger partial charge in [0, 0.05) is 18.1 Å². The second-order valence-corrected chi connectivity index (χ2v) is 7.53. The van der Waals surface area contributed by atoms with Crippen LogP contribution in [0.5, 0.6) is 11.5 Å². The minimum absolute atomic E-state index is 0.0129. The van der Waals surface area contributed by atoms with Crippen molar-refractivity contribution in [3.63, 3.8) is 0 Å². The number of carbonyl (C=O) groups excluding carboxylic acids is 1. The van der Waals surface area contributed by atoms with E-state index >= 15 is 0 Å². The summed E-state index contributed by atoms with van der Waals surface area (Å²) in [6, 6.07) is 4.22. The molecule has 3 N–H and O–H groups in total. The average Bonchev–Trinajstić information content (AvgIpc) is 2.67. The Labute approximate surface area is 170 Å². The molecule has 0 heterocycles. The van der Waals surface area contributed by atoms with Gasteiger partial charge >= 0.3 is 0 Å². The van der Waals surface area contributed by atoms with E-state index in [2.05, 4.69) is 17.5 Å². The Kier molecular flexibility index (Phi) is 13.7. The maximum Gasteiger partial charge on any atom is 0.240 e. The van der Waals surface area contributed by atoms with Crippen LogP contribution in [0.1, 0.15) is 102 Å². The highest BCUT2D eigenvalue weighted by molar-refractivity contribution is 5.85. The molecule has 0 aliphatic heterocycles. The molecule has 0 aromatic heterocycles. The SMILES string of the molecule is CCCCCCCCCCCCCCCC(=O)NN=Cc1ccc(O)cc1O. The number of amides is 1. The zero-order valence-corrected chi connectivity index (χ0v) is 17.5. The first kappa shape index (κ1) is 24.0. The van der Waals surface area contributed by atoms with Crippen molar-refractivity contribution < 1.29 is 15.0 Å². The summed E-state index contributed by atoms with van der Waals surface area (Å²) in [6.07, 6.45) is 18.5. The maximum absolute atomic E-state index is 11.7. The van der Waals surface area contributed by atoms with Crippen LogP contribution in [0.3, 0.4) is 0 Å². The maximum atomic E-state index is 11.7. The van der Waals surface area contributed by atoms with E-state index in [1.165, 1.54) is 95.0 Å². The molecule has 0 aliphatic rings. The van der Waals surface area contributed by atoms with Crippen LogP contribution in [-0.2, 0) is 4.79 Å². The van der Waals surface area contributed by atoms with E-state index in [0.717, 1.165) is 12.8 Å². The first-order valence-corrected chi connectivity index (χ1v) is 11.0. The van der Waals surface area contributed by atoms with Crippen molar-refractivity contribution in [2.24, 2.45) is 5.10 Å². The summed E-state index contributed by atoms with van der Waals surface area (Å²) in [4.78, 5) is 11.7. The number of benzene rings is 1. The molecule has 0 saturated heterocycles. The number of unbranched alkanes of at least 4 members (excludes halogenated alkanes) is 12. The molecule has 0 spiro atoms. The lowest BCUT2D eigenvalue weighted by atomic mass is 10.0. The summed E-state index contributed by atoms with van der Waals surface area (Å²) in [5.74, 6) is -0.201. The number of aromatic hydroxyl groups is 2. The van der Waals surface area contributed by atoms with Gasteiger partial charge in [-0.05, 0) is 18.6 Å². The fourth-order valence-electron chi connectivity index (χ4n) is 3.17. The Bertz CT molecular complexity index is 573. The van der Waals surface area contributed by atoms with Gasteiger partial charge in [0.25, 0.3) is 0 Å². The zero-order valence-electron chi connectivity index (χ0n) is 17.5. The first-order chi connectivity index (χ1) is 13.6. The highest BCUT2D eigenvalue weighted by Crippen LogP contribution is 2.20. The minimum atomic E-state index is -0.113. The largest absolute Gasteiger partial charge is 0.508 e. The standard InChI is InChI=1S/C23H38N2O3/c1-2-3-4-5-6-7-8-9-10-11-12-13-14-15-23(28)25-24-19-20-16-17-21(26)18-22(20)27/h16-19,26-27H,2-15H2,1H3,(H,25,28). The first-order valence-electron chi connectivity index (χ1n) is 11.0. The van der Waals surface area contributed by atoms with Gasteiger partial charge in [0.1, 0.15) is 11.5 Å². The normalized spacial score (nSPS) is 11.2. The van der Waals surface area contributed by atoms with Gasteiger partial charge in [-0.1, -0.05) is 84.0 Å². The minimum Gasteiger partial charge on any atom is -0.508 e. The van der Waals surface area contributed by atoms with Crippen molar-refractivity contribution in [3.05, 3.63) is 23.8 Å². The third-order valence-corrected chi connectivity index (χ3v) is 4.91. The van der Waals surface area contributed by atoms with Gasteiger partial charge in [-0.25, -0.2) is 5.43 Å². The lowest BCUT2D eigenvalue weighted by Crippen LogP contribution is -2.16. The zero-order chi connectivity index (χ0) is 20.5. The molecule has 0 saturated carbocycles. The summed E-state index contributed by atoms with van der Waals surface area (Å²) in [5.41, 5.74) is 2.92. The fraction of sp³-hybridized carbons (Fsp3) is 0.652. The van der Waals surface area contributed by atoms with E-state index in [0.29, 0.717) is 12.0 Å². The van der Waals surface area contributed by atoms with Gasteiger partial charge < -0.3 is 10.2 Å². The van der Waals surface area contributed by atoms with Crippen LogP contribution >= 0.6 is 0 Å². The quantitative estimate of drug-likeness (QED) is 0.183. The molecule has 0 aliphatic carbocycles. The molecular formula is C23H38N2O3. The number of rotatable bonds is 16. The summed E-state index contributed by atoms with van der Waals surface area (Å²) < 4.78 is 0. The Morgan fingerprint density at radius 1 is 0.893 bits per heavy atom. The summed E-state index contributed by atoms with van der Waals surface area (Å²) >= 11 is 0. The number of carbonyl (C=O) groups is 1. The molecule has 0 bridgehead atoms. The van der Waals surface area contributed by atoms with Gasteiger partial charge in [0.05, 0.1) is 6.21 Å². The Balaban J connectivity index is 1.93. The number of hydrogen-bond acceptors (Lipinski definition) is 4. The Morgan fingerprint density at radius 3 is 1.96 bits per heavy atom. The third-order valence-electron chi connectivity index (χ3n) is 4.91. The van der Waals surface area contributed by atoms with Crippen LogP contribution in [0.15, 0.2) is 23.3 Å². The number of hydrogen-bond donors (Lipinski definition) is 3. The molecule has 28 heavy (non-hydrogen) atoms. The molecule has 5 heteroatoms. The molecule has 1 aromatic carbocycles. The number of hydrazone groups is 1. The van der Waals surface area contributed by atoms with E-state index in [1.54, 1.807) is 0 Å². The van der Waals surface area contributed by atoms with Gasteiger partial charge in [-0.15, -0.1) is 0 Å². The fourth-order valence-corrected chi connectivity index (χ4v) is 3.17. The van der Waals surface area contributed by atoms with Crippen LogP contribution in [0.2, 0.25) is 0 Å². The second kappa shape index (κ2) is 16.0. The molecular weight excluding hydrogens is 352 g/mol. The van der Waals surface area contributed by atoms with E-state index in [9.17, 15) is 15.0 Å². The molecule has 0 unspecified atom stereocenters. The van der Waals surface area contributed by atoms with Crippen LogP contribution < -0.4 is 5.43 Å². The molecule has 1 aromatic rings. The Hall–Kier alpha value is -2.04. The lowest BCUT2D eigenvalue weighted by Gasteiger charge is -2.03. The van der Waals surface area contributed by atoms with Crippen molar-refractivity contribution in [1.82, 2.24) is 5.43 Å². The molecule has 1 amide bonds. The van der Waals surface area contributed by atoms with Crippen molar-refractivity contribution >= 4 is 12.1 Å². The van der Waals surface area contributed by atoms with E-state index in [1.807, 2.05) is 0 Å². The average molecular weight is 391 g/mol. The molecule has 0 fully saturated rings. The van der Waals surface area contributed by atoms with Crippen LogP contribution in [0.25, 0.3) is 0 Å². The third kappa shape index (κ3) is 12.4. The van der Waals surface area contributed by atoms with Gasteiger partial charge in [0.15, 0.2) is 0 Å². The van der Waals surface area contributed by atoms with Crippen molar-refractivity contribution in [2.45, 2.75) is 96.8 Å². The summed E-state index contributed by atoms with van der Waals surface area (Å²) in [7, 11) is 0. The van der Waals surface area contributed by atoms with Crippen molar-refractivity contribution in [1.29, 1.82) is 0 Å². The molecule has 1 rings (SSSR count). The van der Waals surface area contributed by atoms with E-state index in [4.69, 9.17) is 0 Å². The monoisotopic (exact) mass is 390 g/mol. The van der Waals surface area contributed by atoms with Gasteiger partial charge in [-0.2, -0.15) is 5.10 Å². The Morgan fingerprint density at radius 2 is 1.43 bits per heavy atom. The smallest absolute Gasteiger partial charge is 0.240 e. The van der Waals surface area contributed by atoms with E-state index in [-0.39, 0.29) is 17.4 Å². The van der Waals surface area contributed by atoms with Crippen LogP contribution in [0, 0.1) is 0 Å². The summed E-state index contributed by atoms with van der Waals surface area (Å²) in [5, 5.41) is 22.7. The number of nitrogens with zero attached hydrogens (tertiary/aromatic N) is 1. The topological polar surface area (TPSA) is 81.9 Å². The van der Waals surface area contributed by atoms with Crippen molar-refractivity contribution in [2.75, 3.05) is 0 Å². The number of nitrogens with one attached hydrogen (secondary N) is 1. The molecule has 158 valence electrons. The number of phenolic OH excluding ortho intramolecular Hbond substituents is 2. The highest BCUT2D eigenvalue weighted by Gasteiger charge is 2.01. The predicted molar refractivity (Wildman–Crippen MR) is 116 cm³/mol. The summed E-state index contributed by atoms with van der Waals surface area (Å²) in [6.45, 7) is 2.26. The van der Waals surface area contributed by atoms with Crippen LogP contribution in [-0.4, -0.2) is 22.3 Å². The predicted octanol–water partition coefficient (Wildman–Crippen LogP) is 6.03. The lowest BCUT2D eigenvalue weighted by molar-refractivity contribution is -0.121.